The highest BCUT2D eigenvalue weighted by atomic mass is 32.2. The summed E-state index contributed by atoms with van der Waals surface area (Å²) in [5.74, 6) is 0.419. The van der Waals surface area contributed by atoms with E-state index in [1.807, 2.05) is 19.1 Å². The molecular weight excluding hydrogens is 274 g/mol. The van der Waals surface area contributed by atoms with Crippen LogP contribution in [0.2, 0.25) is 0 Å². The predicted octanol–water partition coefficient (Wildman–Crippen LogP) is 2.08. The molecule has 0 spiro atoms. The lowest BCUT2D eigenvalue weighted by Gasteiger charge is -2.35. The number of sulfone groups is 1. The number of piperidine rings is 1. The van der Waals surface area contributed by atoms with E-state index >= 15 is 0 Å². The van der Waals surface area contributed by atoms with Crippen LogP contribution in [0.3, 0.4) is 0 Å². The Morgan fingerprint density at radius 1 is 1.35 bits per heavy atom. The van der Waals surface area contributed by atoms with Crippen LogP contribution in [-0.2, 0) is 9.84 Å². The molecule has 0 unspecified atom stereocenters. The van der Waals surface area contributed by atoms with Gasteiger partial charge in [-0.1, -0.05) is 6.92 Å². The summed E-state index contributed by atoms with van der Waals surface area (Å²) < 4.78 is 23.6. The molecule has 2 atom stereocenters. The molecule has 0 radical (unpaired) electrons. The number of nitrogens with zero attached hydrogens (tertiary/aromatic N) is 1. The number of aliphatic hydroxyl groups excluding tert-OH is 1. The van der Waals surface area contributed by atoms with Crippen molar-refractivity contribution in [3.05, 3.63) is 24.3 Å². The van der Waals surface area contributed by atoms with Crippen LogP contribution < -0.4 is 4.90 Å². The average molecular weight is 297 g/mol. The summed E-state index contributed by atoms with van der Waals surface area (Å²) in [6, 6.07) is 7.10. The molecule has 1 saturated heterocycles. The summed E-state index contributed by atoms with van der Waals surface area (Å²) in [5, 5.41) is 9.72. The molecule has 0 amide bonds. The van der Waals surface area contributed by atoms with Crippen LogP contribution in [0.4, 0.5) is 5.69 Å². The van der Waals surface area contributed by atoms with Crippen molar-refractivity contribution in [2.45, 2.75) is 37.7 Å². The highest BCUT2D eigenvalue weighted by Crippen LogP contribution is 2.26. The zero-order valence-corrected chi connectivity index (χ0v) is 12.9. The fourth-order valence-corrected chi connectivity index (χ4v) is 3.55. The van der Waals surface area contributed by atoms with E-state index in [2.05, 4.69) is 4.90 Å². The van der Waals surface area contributed by atoms with Gasteiger partial charge in [-0.15, -0.1) is 0 Å². The van der Waals surface area contributed by atoms with Crippen molar-refractivity contribution in [3.63, 3.8) is 0 Å². The van der Waals surface area contributed by atoms with E-state index < -0.39 is 9.84 Å². The number of hydrogen-bond donors (Lipinski definition) is 1. The predicted molar refractivity (Wildman–Crippen MR) is 80.8 cm³/mol. The lowest BCUT2D eigenvalue weighted by Crippen LogP contribution is -2.39. The number of anilines is 1. The molecule has 0 bridgehead atoms. The monoisotopic (exact) mass is 297 g/mol. The summed E-state index contributed by atoms with van der Waals surface area (Å²) in [6.07, 6.45) is 1.82. The van der Waals surface area contributed by atoms with Crippen LogP contribution in [0.25, 0.3) is 0 Å². The fourth-order valence-electron chi connectivity index (χ4n) is 2.67. The molecule has 1 aromatic rings. The maximum Gasteiger partial charge on any atom is 0.178 e. The quantitative estimate of drug-likeness (QED) is 0.924. The number of hydrogen-bond acceptors (Lipinski definition) is 4. The Kier molecular flexibility index (Phi) is 4.70. The Morgan fingerprint density at radius 2 is 2.00 bits per heavy atom. The zero-order valence-electron chi connectivity index (χ0n) is 12.1. The SMILES string of the molecule is CCS(=O)(=O)c1ccc(N2CCC[C@@H]([C@@H](C)O)C2)cc1. The van der Waals surface area contributed by atoms with Gasteiger partial charge in [-0.05, 0) is 44.0 Å². The first-order valence-electron chi connectivity index (χ1n) is 7.20. The van der Waals surface area contributed by atoms with Crippen molar-refractivity contribution in [1.82, 2.24) is 0 Å². The third-order valence-corrected chi connectivity index (χ3v) is 5.83. The molecule has 1 aliphatic heterocycles. The first-order chi connectivity index (χ1) is 9.44. The van der Waals surface area contributed by atoms with Crippen LogP contribution in [0.5, 0.6) is 0 Å². The van der Waals surface area contributed by atoms with E-state index in [1.165, 1.54) is 0 Å². The molecule has 0 saturated carbocycles. The van der Waals surface area contributed by atoms with Gasteiger partial charge in [0.25, 0.3) is 0 Å². The second-order valence-corrected chi connectivity index (χ2v) is 7.76. The normalized spacial score (nSPS) is 21.8. The van der Waals surface area contributed by atoms with Crippen molar-refractivity contribution in [2.24, 2.45) is 5.92 Å². The molecule has 2 rings (SSSR count). The smallest absolute Gasteiger partial charge is 0.178 e. The number of rotatable bonds is 4. The Labute approximate surface area is 121 Å². The van der Waals surface area contributed by atoms with Gasteiger partial charge in [0.2, 0.25) is 0 Å². The topological polar surface area (TPSA) is 57.6 Å². The maximum atomic E-state index is 11.8. The summed E-state index contributed by atoms with van der Waals surface area (Å²) in [4.78, 5) is 2.61. The molecule has 1 N–H and O–H groups in total. The third-order valence-electron chi connectivity index (χ3n) is 4.08. The molecule has 1 heterocycles. The lowest BCUT2D eigenvalue weighted by molar-refractivity contribution is 0.115. The summed E-state index contributed by atoms with van der Waals surface area (Å²) >= 11 is 0. The number of benzene rings is 1. The van der Waals surface area contributed by atoms with Crippen LogP contribution >= 0.6 is 0 Å². The lowest BCUT2D eigenvalue weighted by atomic mass is 9.93. The maximum absolute atomic E-state index is 11.8. The first-order valence-corrected chi connectivity index (χ1v) is 8.85. The molecule has 1 fully saturated rings. The van der Waals surface area contributed by atoms with Gasteiger partial charge < -0.3 is 10.0 Å². The molecule has 0 aromatic heterocycles. The zero-order chi connectivity index (χ0) is 14.8. The van der Waals surface area contributed by atoms with Gasteiger partial charge in [0.1, 0.15) is 0 Å². The second kappa shape index (κ2) is 6.14. The van der Waals surface area contributed by atoms with Gasteiger partial charge in [0, 0.05) is 24.7 Å². The van der Waals surface area contributed by atoms with E-state index in [0.29, 0.717) is 10.8 Å². The van der Waals surface area contributed by atoms with E-state index in [-0.39, 0.29) is 11.9 Å². The standard InChI is InChI=1S/C15H23NO3S/c1-3-20(18,19)15-8-6-14(7-9-15)16-10-4-5-13(11-16)12(2)17/h6-9,12-13,17H,3-5,10-11H2,1-2H3/t12-,13-/m1/s1. The average Bonchev–Trinajstić information content (AvgIpc) is 2.47. The molecular formula is C15H23NO3S. The van der Waals surface area contributed by atoms with Crippen molar-refractivity contribution in [3.8, 4) is 0 Å². The molecule has 112 valence electrons. The Balaban J connectivity index is 2.14. The minimum absolute atomic E-state index is 0.125. The summed E-state index contributed by atoms with van der Waals surface area (Å²) in [5.41, 5.74) is 1.03. The van der Waals surface area contributed by atoms with Gasteiger partial charge in [0.15, 0.2) is 9.84 Å². The third kappa shape index (κ3) is 3.33. The van der Waals surface area contributed by atoms with Gasteiger partial charge in [-0.3, -0.25) is 0 Å². The minimum atomic E-state index is -3.13. The van der Waals surface area contributed by atoms with E-state index in [4.69, 9.17) is 0 Å². The summed E-state index contributed by atoms with van der Waals surface area (Å²) in [7, 11) is -3.13. The van der Waals surface area contributed by atoms with Gasteiger partial charge in [-0.25, -0.2) is 8.42 Å². The van der Waals surface area contributed by atoms with Crippen molar-refractivity contribution in [2.75, 3.05) is 23.7 Å². The molecule has 0 aliphatic carbocycles. The van der Waals surface area contributed by atoms with Crippen LogP contribution in [0, 0.1) is 5.92 Å². The minimum Gasteiger partial charge on any atom is -0.393 e. The van der Waals surface area contributed by atoms with Crippen LogP contribution in [0.15, 0.2) is 29.2 Å². The molecule has 1 aromatic carbocycles. The summed E-state index contributed by atoms with van der Waals surface area (Å²) in [6.45, 7) is 5.28. The van der Waals surface area contributed by atoms with Crippen LogP contribution in [0.1, 0.15) is 26.7 Å². The Bertz CT molecular complexity index is 537. The molecule has 4 nitrogen and oxygen atoms in total. The largest absolute Gasteiger partial charge is 0.393 e. The second-order valence-electron chi connectivity index (χ2n) is 5.49. The first kappa shape index (κ1) is 15.3. The van der Waals surface area contributed by atoms with Crippen molar-refractivity contribution < 1.29 is 13.5 Å². The fraction of sp³-hybridized carbons (Fsp3) is 0.600. The van der Waals surface area contributed by atoms with Gasteiger partial charge in [-0.2, -0.15) is 0 Å². The molecule has 5 heteroatoms. The molecule has 20 heavy (non-hydrogen) atoms. The van der Waals surface area contributed by atoms with Gasteiger partial charge >= 0.3 is 0 Å². The number of aliphatic hydroxyl groups is 1. The Hall–Kier alpha value is -1.07. The highest BCUT2D eigenvalue weighted by Gasteiger charge is 2.23. The molecule has 1 aliphatic rings. The van der Waals surface area contributed by atoms with Crippen LogP contribution in [-0.4, -0.2) is 38.5 Å². The van der Waals surface area contributed by atoms with Crippen molar-refractivity contribution in [1.29, 1.82) is 0 Å². The Morgan fingerprint density at radius 3 is 2.55 bits per heavy atom. The van der Waals surface area contributed by atoms with Gasteiger partial charge in [0.05, 0.1) is 16.8 Å². The van der Waals surface area contributed by atoms with Crippen molar-refractivity contribution >= 4 is 15.5 Å². The highest BCUT2D eigenvalue weighted by molar-refractivity contribution is 7.91. The van der Waals surface area contributed by atoms with E-state index in [9.17, 15) is 13.5 Å². The van der Waals surface area contributed by atoms with E-state index in [1.54, 1.807) is 19.1 Å². The van der Waals surface area contributed by atoms with E-state index in [0.717, 1.165) is 31.6 Å².